The summed E-state index contributed by atoms with van der Waals surface area (Å²) in [5.41, 5.74) is 2.70. The molecule has 0 aliphatic heterocycles. The molecule has 0 fully saturated rings. The summed E-state index contributed by atoms with van der Waals surface area (Å²) in [6.07, 6.45) is 0. The Morgan fingerprint density at radius 2 is 1.68 bits per heavy atom. The molecule has 25 heavy (non-hydrogen) atoms. The molecule has 5 heteroatoms. The van der Waals surface area contributed by atoms with Crippen LogP contribution in [0.25, 0.3) is 0 Å². The number of halogens is 2. The maximum atomic E-state index is 10.2. The second kappa shape index (κ2) is 8.15. The van der Waals surface area contributed by atoms with E-state index in [9.17, 15) is 5.11 Å². The van der Waals surface area contributed by atoms with E-state index in [1.54, 1.807) is 18.2 Å². The van der Waals surface area contributed by atoms with Gasteiger partial charge in [-0.2, -0.15) is 0 Å². The molecular weight excluding hydrogens is 357 g/mol. The fourth-order valence-electron chi connectivity index (χ4n) is 2.33. The van der Waals surface area contributed by atoms with Crippen LogP contribution in [0.3, 0.4) is 0 Å². The van der Waals surface area contributed by atoms with E-state index in [1.807, 2.05) is 48.5 Å². The predicted molar refractivity (Wildman–Crippen MR) is 103 cm³/mol. The third-order valence-corrected chi connectivity index (χ3v) is 4.44. The van der Waals surface area contributed by atoms with Gasteiger partial charge in [0.2, 0.25) is 0 Å². The highest BCUT2D eigenvalue weighted by Gasteiger charge is 2.05. The Labute approximate surface area is 156 Å². The van der Waals surface area contributed by atoms with E-state index in [-0.39, 0.29) is 5.75 Å². The number of benzene rings is 3. The Kier molecular flexibility index (Phi) is 5.69. The van der Waals surface area contributed by atoms with Gasteiger partial charge in [-0.05, 0) is 42.0 Å². The largest absolute Gasteiger partial charge is 0.507 e. The summed E-state index contributed by atoms with van der Waals surface area (Å²) in [5, 5.41) is 14.5. The average Bonchev–Trinajstić information content (AvgIpc) is 2.63. The minimum atomic E-state index is 0.190. The van der Waals surface area contributed by atoms with Gasteiger partial charge in [0.1, 0.15) is 18.1 Å². The molecule has 3 nitrogen and oxygen atoms in total. The Balaban J connectivity index is 1.60. The van der Waals surface area contributed by atoms with Crippen LogP contribution in [0.1, 0.15) is 11.1 Å². The molecular formula is C20H17Cl2NO2. The summed E-state index contributed by atoms with van der Waals surface area (Å²) in [6.45, 7) is 0.876. The summed E-state index contributed by atoms with van der Waals surface area (Å²) in [6, 6.07) is 20.5. The van der Waals surface area contributed by atoms with Crippen LogP contribution in [-0.2, 0) is 13.2 Å². The number of hydrogen-bond donors (Lipinski definition) is 2. The lowest BCUT2D eigenvalue weighted by Crippen LogP contribution is -2.00. The molecule has 0 aliphatic carbocycles. The Morgan fingerprint density at radius 3 is 2.40 bits per heavy atom. The molecule has 0 saturated heterocycles. The molecule has 2 N–H and O–H groups in total. The van der Waals surface area contributed by atoms with Crippen LogP contribution in [0.4, 0.5) is 5.69 Å². The first-order valence-corrected chi connectivity index (χ1v) is 8.55. The van der Waals surface area contributed by atoms with Gasteiger partial charge in [0.05, 0.1) is 10.0 Å². The second-order valence-electron chi connectivity index (χ2n) is 5.55. The summed E-state index contributed by atoms with van der Waals surface area (Å²) in [7, 11) is 0. The number of phenolic OH excluding ortho intramolecular Hbond substituents is 1. The minimum Gasteiger partial charge on any atom is -0.507 e. The van der Waals surface area contributed by atoms with Gasteiger partial charge < -0.3 is 15.2 Å². The van der Waals surface area contributed by atoms with Crippen molar-refractivity contribution in [2.45, 2.75) is 13.2 Å². The molecule has 3 aromatic rings. The molecule has 0 radical (unpaired) electrons. The van der Waals surface area contributed by atoms with E-state index in [1.165, 1.54) is 0 Å². The van der Waals surface area contributed by atoms with Gasteiger partial charge in [-0.15, -0.1) is 0 Å². The van der Waals surface area contributed by atoms with E-state index < -0.39 is 0 Å². The maximum Gasteiger partial charge on any atom is 0.124 e. The van der Waals surface area contributed by atoms with E-state index in [2.05, 4.69) is 5.32 Å². The number of aromatic hydroxyl groups is 1. The first-order chi connectivity index (χ1) is 12.1. The van der Waals surface area contributed by atoms with Crippen LogP contribution in [0.5, 0.6) is 11.5 Å². The number of rotatable bonds is 6. The first kappa shape index (κ1) is 17.5. The molecule has 0 aromatic heterocycles. The van der Waals surface area contributed by atoms with Crippen LogP contribution >= 0.6 is 23.2 Å². The van der Waals surface area contributed by atoms with E-state index in [0.717, 1.165) is 16.8 Å². The van der Waals surface area contributed by atoms with Gasteiger partial charge in [0.15, 0.2) is 0 Å². The first-order valence-electron chi connectivity index (χ1n) is 7.79. The van der Waals surface area contributed by atoms with E-state index >= 15 is 0 Å². The van der Waals surface area contributed by atoms with Gasteiger partial charge in [0, 0.05) is 23.9 Å². The molecule has 0 spiro atoms. The lowest BCUT2D eigenvalue weighted by Gasteiger charge is -2.11. The molecule has 0 saturated carbocycles. The smallest absolute Gasteiger partial charge is 0.124 e. The van der Waals surface area contributed by atoms with Gasteiger partial charge in [-0.25, -0.2) is 0 Å². The normalized spacial score (nSPS) is 10.5. The van der Waals surface area contributed by atoms with Gasteiger partial charge in [-0.1, -0.05) is 47.5 Å². The van der Waals surface area contributed by atoms with Gasteiger partial charge in [-0.3, -0.25) is 0 Å². The Bertz CT molecular complexity index is 854. The van der Waals surface area contributed by atoms with Crippen LogP contribution < -0.4 is 10.1 Å². The molecule has 0 amide bonds. The number of ether oxygens (including phenoxy) is 1. The molecule has 0 heterocycles. The summed E-state index contributed by atoms with van der Waals surface area (Å²) >= 11 is 11.9. The topological polar surface area (TPSA) is 41.5 Å². The van der Waals surface area contributed by atoms with Crippen LogP contribution in [0, 0.1) is 0 Å². The second-order valence-corrected chi connectivity index (χ2v) is 6.36. The fraction of sp³-hybridized carbons (Fsp3) is 0.100. The van der Waals surface area contributed by atoms with Gasteiger partial charge >= 0.3 is 0 Å². The third-order valence-electron chi connectivity index (χ3n) is 3.70. The maximum absolute atomic E-state index is 10.2. The number of hydrogen-bond acceptors (Lipinski definition) is 3. The predicted octanol–water partition coefficient (Wildman–Crippen LogP) is 5.89. The highest BCUT2D eigenvalue weighted by molar-refractivity contribution is 6.42. The molecule has 0 bridgehead atoms. The van der Waals surface area contributed by atoms with Crippen LogP contribution in [0.2, 0.25) is 10.0 Å². The molecule has 128 valence electrons. The van der Waals surface area contributed by atoms with Crippen molar-refractivity contribution in [1.29, 1.82) is 0 Å². The third kappa shape index (κ3) is 4.81. The number of para-hydroxylation sites is 1. The Hall–Kier alpha value is -2.36. The zero-order valence-corrected chi connectivity index (χ0v) is 14.9. The lowest BCUT2D eigenvalue weighted by atomic mass is 10.2. The molecule has 3 aromatic carbocycles. The van der Waals surface area contributed by atoms with Crippen molar-refractivity contribution in [3.63, 3.8) is 0 Å². The Morgan fingerprint density at radius 1 is 0.880 bits per heavy atom. The number of anilines is 1. The number of phenols is 1. The summed E-state index contributed by atoms with van der Waals surface area (Å²) in [5.74, 6) is 0.780. The fourth-order valence-corrected chi connectivity index (χ4v) is 2.65. The zero-order valence-electron chi connectivity index (χ0n) is 13.4. The molecule has 3 rings (SSSR count). The van der Waals surface area contributed by atoms with E-state index in [0.29, 0.717) is 28.9 Å². The quantitative estimate of drug-likeness (QED) is 0.565. The van der Waals surface area contributed by atoms with Crippen LogP contribution in [0.15, 0.2) is 66.7 Å². The lowest BCUT2D eigenvalue weighted by molar-refractivity contribution is 0.304. The molecule has 0 atom stereocenters. The minimum absolute atomic E-state index is 0.190. The monoisotopic (exact) mass is 373 g/mol. The van der Waals surface area contributed by atoms with Crippen molar-refractivity contribution < 1.29 is 9.84 Å². The van der Waals surface area contributed by atoms with Crippen molar-refractivity contribution in [1.82, 2.24) is 0 Å². The molecule has 0 aliphatic rings. The molecule has 0 unspecified atom stereocenters. The number of nitrogens with one attached hydrogen (secondary N) is 1. The van der Waals surface area contributed by atoms with Crippen molar-refractivity contribution in [2.75, 3.05) is 5.32 Å². The van der Waals surface area contributed by atoms with Crippen molar-refractivity contribution >= 4 is 28.9 Å². The zero-order chi connectivity index (χ0) is 17.6. The summed E-state index contributed by atoms with van der Waals surface area (Å²) < 4.78 is 5.70. The van der Waals surface area contributed by atoms with Crippen molar-refractivity contribution in [3.05, 3.63) is 87.9 Å². The van der Waals surface area contributed by atoms with Crippen molar-refractivity contribution in [2.24, 2.45) is 0 Å². The van der Waals surface area contributed by atoms with Gasteiger partial charge in [0.25, 0.3) is 0 Å². The average molecular weight is 374 g/mol. The van der Waals surface area contributed by atoms with Crippen LogP contribution in [-0.4, -0.2) is 5.11 Å². The highest BCUT2D eigenvalue weighted by atomic mass is 35.5. The SMILES string of the molecule is Oc1cc(OCc2ccc(Cl)c(Cl)c2)ccc1CNc1ccccc1. The summed E-state index contributed by atoms with van der Waals surface area (Å²) in [4.78, 5) is 0. The van der Waals surface area contributed by atoms with E-state index in [4.69, 9.17) is 27.9 Å². The standard InChI is InChI=1S/C20H17Cl2NO2/c21-18-9-6-14(10-19(18)22)13-25-17-8-7-15(20(24)11-17)12-23-16-4-2-1-3-5-16/h1-11,23-24H,12-13H2. The highest BCUT2D eigenvalue weighted by Crippen LogP contribution is 2.26. The van der Waals surface area contributed by atoms with Crippen molar-refractivity contribution in [3.8, 4) is 11.5 Å².